The van der Waals surface area contributed by atoms with Gasteiger partial charge in [0.25, 0.3) is 0 Å². The van der Waals surface area contributed by atoms with E-state index in [1.165, 1.54) is 13.5 Å². The molecule has 0 saturated heterocycles. The fraction of sp³-hybridized carbons (Fsp3) is 0.917. The SMILES string of the molecule is COCCS(=O)(=O)NC1(C(N)=S)CCCCCCC1. The molecule has 7 heteroatoms. The largest absolute Gasteiger partial charge is 0.392 e. The predicted molar refractivity (Wildman–Crippen MR) is 80.6 cm³/mol. The average molecular weight is 308 g/mol. The molecule has 1 saturated carbocycles. The van der Waals surface area contributed by atoms with E-state index in [9.17, 15) is 8.42 Å². The minimum absolute atomic E-state index is 0.0616. The highest BCUT2D eigenvalue weighted by Gasteiger charge is 2.37. The van der Waals surface area contributed by atoms with Crippen LogP contribution in [0.4, 0.5) is 0 Å². The lowest BCUT2D eigenvalue weighted by Crippen LogP contribution is -2.57. The van der Waals surface area contributed by atoms with Crippen LogP contribution in [0.25, 0.3) is 0 Å². The highest BCUT2D eigenvalue weighted by Crippen LogP contribution is 2.27. The van der Waals surface area contributed by atoms with Gasteiger partial charge in [-0.05, 0) is 12.8 Å². The van der Waals surface area contributed by atoms with E-state index in [-0.39, 0.29) is 17.3 Å². The number of thiocarbonyl (C=S) groups is 1. The summed E-state index contributed by atoms with van der Waals surface area (Å²) in [7, 11) is -1.94. The molecule has 1 aliphatic rings. The van der Waals surface area contributed by atoms with Crippen LogP contribution in [-0.2, 0) is 14.8 Å². The van der Waals surface area contributed by atoms with Crippen LogP contribution in [0.2, 0.25) is 0 Å². The number of methoxy groups -OCH3 is 1. The molecule has 0 amide bonds. The van der Waals surface area contributed by atoms with E-state index >= 15 is 0 Å². The molecular weight excluding hydrogens is 284 g/mol. The van der Waals surface area contributed by atoms with Gasteiger partial charge in [-0.3, -0.25) is 0 Å². The Kier molecular flexibility index (Phi) is 6.65. The van der Waals surface area contributed by atoms with Gasteiger partial charge in [0.05, 0.1) is 22.9 Å². The molecule has 0 bridgehead atoms. The van der Waals surface area contributed by atoms with Crippen LogP contribution in [0.15, 0.2) is 0 Å². The molecule has 1 aliphatic carbocycles. The molecular formula is C12H24N2O3S2. The highest BCUT2D eigenvalue weighted by molar-refractivity contribution is 7.89. The summed E-state index contributed by atoms with van der Waals surface area (Å²) in [5.41, 5.74) is 5.08. The van der Waals surface area contributed by atoms with Gasteiger partial charge < -0.3 is 10.5 Å². The Labute approximate surface area is 121 Å². The standard InChI is InChI=1S/C12H24N2O3S2/c1-17-9-10-19(15,16)14-12(11(13)18)7-5-3-2-4-6-8-12/h14H,2-10H2,1H3,(H2,13,18). The topological polar surface area (TPSA) is 81.4 Å². The molecule has 19 heavy (non-hydrogen) atoms. The summed E-state index contributed by atoms with van der Waals surface area (Å²) in [5, 5.41) is 0. The minimum Gasteiger partial charge on any atom is -0.392 e. The van der Waals surface area contributed by atoms with Crippen molar-refractivity contribution in [3.05, 3.63) is 0 Å². The number of ether oxygens (including phenoxy) is 1. The number of hydrogen-bond donors (Lipinski definition) is 2. The van der Waals surface area contributed by atoms with Crippen molar-refractivity contribution in [1.29, 1.82) is 0 Å². The Bertz CT molecular complexity index is 388. The average Bonchev–Trinajstić information content (AvgIpc) is 2.30. The second kappa shape index (κ2) is 7.52. The first-order valence-corrected chi connectivity index (χ1v) is 8.78. The Hall–Kier alpha value is -0.240. The highest BCUT2D eigenvalue weighted by atomic mass is 32.2. The fourth-order valence-corrected chi connectivity index (χ4v) is 4.17. The van der Waals surface area contributed by atoms with Crippen LogP contribution in [0.5, 0.6) is 0 Å². The first-order chi connectivity index (χ1) is 8.92. The molecule has 1 fully saturated rings. The van der Waals surface area contributed by atoms with Gasteiger partial charge in [-0.15, -0.1) is 0 Å². The van der Waals surface area contributed by atoms with E-state index in [4.69, 9.17) is 22.7 Å². The molecule has 0 spiro atoms. The fourth-order valence-electron chi connectivity index (χ4n) is 2.45. The molecule has 0 aromatic heterocycles. The van der Waals surface area contributed by atoms with E-state index in [1.807, 2.05) is 0 Å². The van der Waals surface area contributed by atoms with Gasteiger partial charge in [0.15, 0.2) is 0 Å². The van der Waals surface area contributed by atoms with Crippen LogP contribution in [0.1, 0.15) is 44.9 Å². The zero-order valence-corrected chi connectivity index (χ0v) is 13.1. The van der Waals surface area contributed by atoms with Crippen molar-refractivity contribution in [3.63, 3.8) is 0 Å². The van der Waals surface area contributed by atoms with Crippen molar-refractivity contribution >= 4 is 27.2 Å². The third kappa shape index (κ3) is 5.33. The number of rotatable bonds is 6. The summed E-state index contributed by atoms with van der Waals surface area (Å²) in [6.07, 6.45) is 6.68. The zero-order valence-electron chi connectivity index (χ0n) is 11.5. The maximum Gasteiger partial charge on any atom is 0.214 e. The van der Waals surface area contributed by atoms with Crippen LogP contribution in [-0.4, -0.2) is 38.4 Å². The molecule has 3 N–H and O–H groups in total. The monoisotopic (exact) mass is 308 g/mol. The number of nitrogens with one attached hydrogen (secondary N) is 1. The lowest BCUT2D eigenvalue weighted by atomic mass is 9.85. The second-order valence-corrected chi connectivity index (χ2v) is 7.41. The van der Waals surface area contributed by atoms with Gasteiger partial charge in [-0.2, -0.15) is 0 Å². The van der Waals surface area contributed by atoms with Crippen molar-refractivity contribution in [2.75, 3.05) is 19.5 Å². The van der Waals surface area contributed by atoms with Gasteiger partial charge in [0.1, 0.15) is 0 Å². The zero-order chi connectivity index (χ0) is 14.4. The normalized spacial score (nSPS) is 20.5. The van der Waals surface area contributed by atoms with Gasteiger partial charge in [-0.25, -0.2) is 13.1 Å². The first-order valence-electron chi connectivity index (χ1n) is 6.72. The Morgan fingerprint density at radius 3 is 2.26 bits per heavy atom. The summed E-state index contributed by atoms with van der Waals surface area (Å²) in [5.74, 6) is -0.0616. The van der Waals surface area contributed by atoms with Crippen molar-refractivity contribution in [1.82, 2.24) is 4.72 Å². The van der Waals surface area contributed by atoms with E-state index in [0.29, 0.717) is 12.8 Å². The van der Waals surface area contributed by atoms with Crippen LogP contribution in [0.3, 0.4) is 0 Å². The lowest BCUT2D eigenvalue weighted by molar-refractivity contribution is 0.216. The van der Waals surface area contributed by atoms with E-state index < -0.39 is 15.6 Å². The molecule has 1 rings (SSSR count). The number of hydrogen-bond acceptors (Lipinski definition) is 4. The lowest BCUT2D eigenvalue weighted by Gasteiger charge is -2.35. The van der Waals surface area contributed by atoms with Crippen LogP contribution in [0, 0.1) is 0 Å². The summed E-state index contributed by atoms with van der Waals surface area (Å²) in [4.78, 5) is 0.260. The van der Waals surface area contributed by atoms with E-state index in [0.717, 1.165) is 25.7 Å². The molecule has 112 valence electrons. The van der Waals surface area contributed by atoms with Crippen LogP contribution < -0.4 is 10.5 Å². The Morgan fingerprint density at radius 2 is 1.79 bits per heavy atom. The van der Waals surface area contributed by atoms with Gasteiger partial charge in [0, 0.05) is 7.11 Å². The molecule has 5 nitrogen and oxygen atoms in total. The van der Waals surface area contributed by atoms with Gasteiger partial charge in [0.2, 0.25) is 10.0 Å². The summed E-state index contributed by atoms with van der Waals surface area (Å²) in [6.45, 7) is 0.169. The third-order valence-electron chi connectivity index (χ3n) is 3.59. The van der Waals surface area contributed by atoms with Crippen molar-refractivity contribution in [2.24, 2.45) is 5.73 Å². The molecule has 0 unspecified atom stereocenters. The summed E-state index contributed by atoms with van der Waals surface area (Å²) < 4.78 is 31.7. The molecule has 0 aliphatic heterocycles. The Balaban J connectivity index is 2.82. The van der Waals surface area contributed by atoms with Crippen molar-refractivity contribution in [3.8, 4) is 0 Å². The molecule has 0 atom stereocenters. The smallest absolute Gasteiger partial charge is 0.214 e. The maximum atomic E-state index is 12.1. The number of nitrogens with two attached hydrogens (primary N) is 1. The summed E-state index contributed by atoms with van der Waals surface area (Å²) >= 11 is 5.13. The Morgan fingerprint density at radius 1 is 1.26 bits per heavy atom. The first kappa shape index (κ1) is 16.8. The summed E-state index contributed by atoms with van der Waals surface area (Å²) in [6, 6.07) is 0. The maximum absolute atomic E-state index is 12.1. The van der Waals surface area contributed by atoms with Crippen LogP contribution >= 0.6 is 12.2 Å². The van der Waals surface area contributed by atoms with Crippen molar-refractivity contribution in [2.45, 2.75) is 50.5 Å². The molecule has 0 radical (unpaired) electrons. The van der Waals surface area contributed by atoms with E-state index in [2.05, 4.69) is 4.72 Å². The predicted octanol–water partition coefficient (Wildman–Crippen LogP) is 1.32. The molecule has 0 aromatic rings. The quantitative estimate of drug-likeness (QED) is 0.723. The third-order valence-corrected chi connectivity index (χ3v) is 5.38. The van der Waals surface area contributed by atoms with Crippen molar-refractivity contribution < 1.29 is 13.2 Å². The minimum atomic E-state index is -3.42. The van der Waals surface area contributed by atoms with Gasteiger partial charge in [-0.1, -0.05) is 44.3 Å². The second-order valence-electron chi connectivity index (χ2n) is 5.13. The molecule has 0 heterocycles. The van der Waals surface area contributed by atoms with E-state index in [1.54, 1.807) is 0 Å². The number of sulfonamides is 1. The molecule has 0 aromatic carbocycles. The van der Waals surface area contributed by atoms with Gasteiger partial charge >= 0.3 is 0 Å².